The van der Waals surface area contributed by atoms with E-state index in [1.165, 1.54) is 30.4 Å². The topological polar surface area (TPSA) is 29.5 Å². The maximum Gasteiger partial charge on any atom is 0.119 e. The number of rotatable bonds is 4. The summed E-state index contributed by atoms with van der Waals surface area (Å²) < 4.78 is 5.72. The Bertz CT molecular complexity index is 333. The molecule has 15 heavy (non-hydrogen) atoms. The molecule has 0 aliphatic heterocycles. The van der Waals surface area contributed by atoms with Gasteiger partial charge in [0.2, 0.25) is 0 Å². The summed E-state index contributed by atoms with van der Waals surface area (Å²) in [6.45, 7) is 2.18. The number of aliphatic hydroxyl groups is 1. The van der Waals surface area contributed by atoms with Crippen LogP contribution in [-0.2, 0) is 12.8 Å². The first kappa shape index (κ1) is 10.5. The van der Waals surface area contributed by atoms with Crippen LogP contribution < -0.4 is 4.74 Å². The fourth-order valence-corrected chi connectivity index (χ4v) is 2.09. The largest absolute Gasteiger partial charge is 0.491 e. The van der Waals surface area contributed by atoms with Gasteiger partial charge >= 0.3 is 0 Å². The summed E-state index contributed by atoms with van der Waals surface area (Å²) in [7, 11) is 0. The van der Waals surface area contributed by atoms with Crippen molar-refractivity contribution in [3.63, 3.8) is 0 Å². The standard InChI is InChI=1S/C13H18O2/c1-10(7-8-14)15-13-6-5-11-3-2-4-12(11)9-13/h5-6,9-10,14H,2-4,7-8H2,1H3. The normalized spacial score (nSPS) is 16.1. The Morgan fingerprint density at radius 1 is 1.33 bits per heavy atom. The van der Waals surface area contributed by atoms with Crippen molar-refractivity contribution in [2.45, 2.75) is 38.7 Å². The van der Waals surface area contributed by atoms with Gasteiger partial charge in [-0.15, -0.1) is 0 Å². The molecule has 2 nitrogen and oxygen atoms in total. The molecule has 0 bridgehead atoms. The lowest BCUT2D eigenvalue weighted by molar-refractivity contribution is 0.168. The van der Waals surface area contributed by atoms with Crippen molar-refractivity contribution < 1.29 is 9.84 Å². The molecule has 1 aromatic carbocycles. The Morgan fingerprint density at radius 3 is 2.93 bits per heavy atom. The van der Waals surface area contributed by atoms with E-state index in [1.807, 2.05) is 13.0 Å². The molecule has 82 valence electrons. The van der Waals surface area contributed by atoms with Gasteiger partial charge in [-0.05, 0) is 49.4 Å². The van der Waals surface area contributed by atoms with Gasteiger partial charge in [0.05, 0.1) is 6.10 Å². The van der Waals surface area contributed by atoms with E-state index in [0.717, 1.165) is 5.75 Å². The van der Waals surface area contributed by atoms with Gasteiger partial charge in [0.25, 0.3) is 0 Å². The predicted octanol–water partition coefficient (Wildman–Crippen LogP) is 2.33. The van der Waals surface area contributed by atoms with Crippen molar-refractivity contribution in [3.8, 4) is 5.75 Å². The number of aliphatic hydroxyl groups excluding tert-OH is 1. The van der Waals surface area contributed by atoms with E-state index in [2.05, 4.69) is 12.1 Å². The third kappa shape index (κ3) is 2.51. The van der Waals surface area contributed by atoms with Crippen molar-refractivity contribution in [1.29, 1.82) is 0 Å². The SMILES string of the molecule is CC(CCO)Oc1ccc2c(c1)CCC2. The van der Waals surface area contributed by atoms with Crippen molar-refractivity contribution >= 4 is 0 Å². The number of aryl methyl sites for hydroxylation is 2. The van der Waals surface area contributed by atoms with E-state index in [-0.39, 0.29) is 12.7 Å². The summed E-state index contributed by atoms with van der Waals surface area (Å²) in [6.07, 6.45) is 4.44. The van der Waals surface area contributed by atoms with Gasteiger partial charge in [0.15, 0.2) is 0 Å². The van der Waals surface area contributed by atoms with Crippen LogP contribution in [0.4, 0.5) is 0 Å². The molecule has 1 atom stereocenters. The van der Waals surface area contributed by atoms with Gasteiger partial charge in [0.1, 0.15) is 5.75 Å². The molecule has 1 aliphatic carbocycles. The molecular formula is C13H18O2. The zero-order chi connectivity index (χ0) is 10.7. The molecule has 0 heterocycles. The Kier molecular flexibility index (Phi) is 3.27. The Balaban J connectivity index is 2.03. The maximum atomic E-state index is 8.79. The third-order valence-corrected chi connectivity index (χ3v) is 2.94. The van der Waals surface area contributed by atoms with E-state index in [4.69, 9.17) is 9.84 Å². The summed E-state index contributed by atoms with van der Waals surface area (Å²) in [5.41, 5.74) is 2.90. The molecule has 0 aromatic heterocycles. The first-order chi connectivity index (χ1) is 7.29. The fourth-order valence-electron chi connectivity index (χ4n) is 2.09. The average Bonchev–Trinajstić information content (AvgIpc) is 2.65. The summed E-state index contributed by atoms with van der Waals surface area (Å²) >= 11 is 0. The highest BCUT2D eigenvalue weighted by Gasteiger charge is 2.12. The molecule has 1 aromatic rings. The monoisotopic (exact) mass is 206 g/mol. The van der Waals surface area contributed by atoms with E-state index in [1.54, 1.807) is 0 Å². The maximum absolute atomic E-state index is 8.79. The lowest BCUT2D eigenvalue weighted by Gasteiger charge is -2.14. The van der Waals surface area contributed by atoms with Crippen LogP contribution in [0.15, 0.2) is 18.2 Å². The lowest BCUT2D eigenvalue weighted by Crippen LogP contribution is -2.13. The molecule has 0 saturated heterocycles. The van der Waals surface area contributed by atoms with E-state index in [0.29, 0.717) is 6.42 Å². The minimum atomic E-state index is 0.0921. The van der Waals surface area contributed by atoms with Crippen molar-refractivity contribution in [2.24, 2.45) is 0 Å². The zero-order valence-electron chi connectivity index (χ0n) is 9.20. The molecule has 0 fully saturated rings. The van der Waals surface area contributed by atoms with Crippen LogP contribution in [0.25, 0.3) is 0 Å². The van der Waals surface area contributed by atoms with Crippen molar-refractivity contribution in [1.82, 2.24) is 0 Å². The second-order valence-corrected chi connectivity index (χ2v) is 4.22. The number of ether oxygens (including phenoxy) is 1. The third-order valence-electron chi connectivity index (χ3n) is 2.94. The van der Waals surface area contributed by atoms with E-state index >= 15 is 0 Å². The van der Waals surface area contributed by atoms with Crippen LogP contribution >= 0.6 is 0 Å². The van der Waals surface area contributed by atoms with Gasteiger partial charge in [-0.2, -0.15) is 0 Å². The minimum Gasteiger partial charge on any atom is -0.491 e. The highest BCUT2D eigenvalue weighted by molar-refractivity contribution is 5.38. The number of hydrogen-bond donors (Lipinski definition) is 1. The second kappa shape index (κ2) is 4.67. The summed E-state index contributed by atoms with van der Waals surface area (Å²) in [5, 5.41) is 8.79. The fraction of sp³-hybridized carbons (Fsp3) is 0.538. The van der Waals surface area contributed by atoms with Crippen LogP contribution in [0, 0.1) is 0 Å². The smallest absolute Gasteiger partial charge is 0.119 e. The summed E-state index contributed by atoms with van der Waals surface area (Å²) in [5.74, 6) is 0.941. The van der Waals surface area contributed by atoms with E-state index in [9.17, 15) is 0 Å². The van der Waals surface area contributed by atoms with Gasteiger partial charge < -0.3 is 9.84 Å². The Labute approximate surface area is 90.9 Å². The minimum absolute atomic E-state index is 0.0921. The molecule has 0 radical (unpaired) electrons. The molecule has 1 N–H and O–H groups in total. The number of benzene rings is 1. The predicted molar refractivity (Wildman–Crippen MR) is 60.3 cm³/mol. The molecule has 2 heteroatoms. The number of hydrogen-bond acceptors (Lipinski definition) is 2. The average molecular weight is 206 g/mol. The first-order valence-electron chi connectivity index (χ1n) is 5.69. The van der Waals surface area contributed by atoms with Crippen LogP contribution in [-0.4, -0.2) is 17.8 Å². The van der Waals surface area contributed by atoms with Gasteiger partial charge in [0, 0.05) is 13.0 Å². The van der Waals surface area contributed by atoms with Gasteiger partial charge in [-0.3, -0.25) is 0 Å². The van der Waals surface area contributed by atoms with Crippen LogP contribution in [0.5, 0.6) is 5.75 Å². The molecule has 1 unspecified atom stereocenters. The molecule has 0 saturated carbocycles. The number of fused-ring (bicyclic) bond motifs is 1. The molecule has 0 amide bonds. The lowest BCUT2D eigenvalue weighted by atomic mass is 10.1. The van der Waals surface area contributed by atoms with Crippen molar-refractivity contribution in [3.05, 3.63) is 29.3 Å². The van der Waals surface area contributed by atoms with Crippen molar-refractivity contribution in [2.75, 3.05) is 6.61 Å². The Hall–Kier alpha value is -1.02. The van der Waals surface area contributed by atoms with Gasteiger partial charge in [-0.25, -0.2) is 0 Å². The quantitative estimate of drug-likeness (QED) is 0.819. The molecule has 2 rings (SSSR count). The highest BCUT2D eigenvalue weighted by atomic mass is 16.5. The second-order valence-electron chi connectivity index (χ2n) is 4.22. The molecule has 0 spiro atoms. The van der Waals surface area contributed by atoms with Crippen LogP contribution in [0.1, 0.15) is 30.9 Å². The molecular weight excluding hydrogens is 188 g/mol. The Morgan fingerprint density at radius 2 is 2.13 bits per heavy atom. The van der Waals surface area contributed by atoms with Gasteiger partial charge in [-0.1, -0.05) is 6.07 Å². The summed E-state index contributed by atoms with van der Waals surface area (Å²) in [4.78, 5) is 0. The van der Waals surface area contributed by atoms with Crippen LogP contribution in [0.3, 0.4) is 0 Å². The highest BCUT2D eigenvalue weighted by Crippen LogP contribution is 2.26. The van der Waals surface area contributed by atoms with E-state index < -0.39 is 0 Å². The zero-order valence-corrected chi connectivity index (χ0v) is 9.20. The summed E-state index contributed by atoms with van der Waals surface area (Å²) in [6, 6.07) is 6.36. The molecule has 1 aliphatic rings. The van der Waals surface area contributed by atoms with Crippen LogP contribution in [0.2, 0.25) is 0 Å². The first-order valence-corrected chi connectivity index (χ1v) is 5.69.